The molecule has 0 radical (unpaired) electrons. The first-order valence-corrected chi connectivity index (χ1v) is 11.6. The van der Waals surface area contributed by atoms with Crippen molar-refractivity contribution in [1.82, 2.24) is 10.2 Å². The number of methoxy groups -OCH3 is 2. The van der Waals surface area contributed by atoms with Crippen molar-refractivity contribution >= 4 is 23.4 Å². The van der Waals surface area contributed by atoms with E-state index in [4.69, 9.17) is 21.1 Å². The van der Waals surface area contributed by atoms with Crippen LogP contribution in [0.4, 0.5) is 4.39 Å². The van der Waals surface area contributed by atoms with Crippen LogP contribution in [0.25, 0.3) is 0 Å². The van der Waals surface area contributed by atoms with Crippen molar-refractivity contribution < 1.29 is 23.5 Å². The van der Waals surface area contributed by atoms with Crippen LogP contribution in [0.2, 0.25) is 5.02 Å². The number of para-hydroxylation sites is 1. The molecule has 3 aromatic carbocycles. The molecule has 3 aromatic rings. The van der Waals surface area contributed by atoms with Gasteiger partial charge in [0.05, 0.1) is 20.1 Å². The first kappa shape index (κ1) is 24.5. The zero-order valence-electron chi connectivity index (χ0n) is 19.5. The van der Waals surface area contributed by atoms with Gasteiger partial charge in [-0.2, -0.15) is 0 Å². The van der Waals surface area contributed by atoms with Crippen LogP contribution in [-0.4, -0.2) is 44.0 Å². The van der Waals surface area contributed by atoms with Crippen molar-refractivity contribution in [3.63, 3.8) is 0 Å². The van der Waals surface area contributed by atoms with Crippen LogP contribution in [0, 0.1) is 11.7 Å². The monoisotopic (exact) mass is 496 g/mol. The highest BCUT2D eigenvalue weighted by Gasteiger charge is 2.42. The van der Waals surface area contributed by atoms with E-state index < -0.39 is 5.92 Å². The number of nitrogens with one attached hydrogen (secondary N) is 1. The second-order valence-corrected chi connectivity index (χ2v) is 8.80. The lowest BCUT2D eigenvalue weighted by molar-refractivity contribution is -0.125. The van der Waals surface area contributed by atoms with Gasteiger partial charge in [0.15, 0.2) is 11.5 Å². The molecule has 1 aliphatic rings. The summed E-state index contributed by atoms with van der Waals surface area (Å²) in [4.78, 5) is 28.3. The molecule has 2 amide bonds. The number of nitrogens with zero attached hydrogens (tertiary/aromatic N) is 1. The Hall–Kier alpha value is -3.58. The van der Waals surface area contributed by atoms with Crippen LogP contribution in [0.3, 0.4) is 0 Å². The molecule has 0 aromatic heterocycles. The van der Waals surface area contributed by atoms with Crippen molar-refractivity contribution in [2.24, 2.45) is 5.92 Å². The van der Waals surface area contributed by atoms with Crippen LogP contribution < -0.4 is 14.8 Å². The molecule has 0 spiro atoms. The molecule has 0 saturated carbocycles. The number of rotatable bonds is 7. The average molecular weight is 497 g/mol. The maximum absolute atomic E-state index is 13.4. The van der Waals surface area contributed by atoms with E-state index in [0.717, 1.165) is 11.1 Å². The van der Waals surface area contributed by atoms with Crippen LogP contribution >= 0.6 is 11.6 Å². The van der Waals surface area contributed by atoms with E-state index in [-0.39, 0.29) is 36.6 Å². The Labute approximate surface area is 208 Å². The van der Waals surface area contributed by atoms with Gasteiger partial charge in [-0.3, -0.25) is 9.59 Å². The lowest BCUT2D eigenvalue weighted by atomic mass is 9.87. The van der Waals surface area contributed by atoms with Crippen molar-refractivity contribution in [2.45, 2.75) is 12.5 Å². The number of carbonyl (C=O) groups is 2. The molecule has 1 heterocycles. The molecular formula is C27H26ClFN2O4. The summed E-state index contributed by atoms with van der Waals surface area (Å²) in [5.74, 6) is -0.505. The Bertz CT molecular complexity index is 1220. The van der Waals surface area contributed by atoms with Crippen LogP contribution in [0.5, 0.6) is 11.5 Å². The summed E-state index contributed by atoms with van der Waals surface area (Å²) in [7, 11) is 3.10. The Morgan fingerprint density at radius 2 is 1.77 bits per heavy atom. The minimum absolute atomic E-state index is 0.201. The fourth-order valence-electron chi connectivity index (χ4n) is 4.48. The van der Waals surface area contributed by atoms with Gasteiger partial charge in [-0.25, -0.2) is 4.39 Å². The summed E-state index contributed by atoms with van der Waals surface area (Å²) in [5.41, 5.74) is 2.02. The molecule has 0 aliphatic carbocycles. The van der Waals surface area contributed by atoms with Gasteiger partial charge in [0.1, 0.15) is 5.82 Å². The molecule has 0 bridgehead atoms. The lowest BCUT2D eigenvalue weighted by Gasteiger charge is -2.21. The highest BCUT2D eigenvalue weighted by Crippen LogP contribution is 2.42. The van der Waals surface area contributed by atoms with E-state index >= 15 is 0 Å². The summed E-state index contributed by atoms with van der Waals surface area (Å²) < 4.78 is 24.3. The quantitative estimate of drug-likeness (QED) is 0.516. The molecule has 182 valence electrons. The SMILES string of the molecule is COc1cccc([C@H]2CN(C(=O)c3cccc(Cl)c3)C[C@H]2C(=O)NCc2ccc(F)cc2)c1OC. The van der Waals surface area contributed by atoms with Gasteiger partial charge in [-0.05, 0) is 42.0 Å². The molecule has 1 saturated heterocycles. The molecular weight excluding hydrogens is 471 g/mol. The Morgan fingerprint density at radius 1 is 1.03 bits per heavy atom. The Balaban J connectivity index is 1.62. The third kappa shape index (κ3) is 5.41. The van der Waals surface area contributed by atoms with Gasteiger partial charge in [-0.15, -0.1) is 0 Å². The largest absolute Gasteiger partial charge is 0.493 e. The second kappa shape index (κ2) is 10.8. The van der Waals surface area contributed by atoms with E-state index in [9.17, 15) is 14.0 Å². The van der Waals surface area contributed by atoms with Gasteiger partial charge in [-0.1, -0.05) is 41.9 Å². The van der Waals surface area contributed by atoms with Gasteiger partial charge in [0.2, 0.25) is 5.91 Å². The number of hydrogen-bond donors (Lipinski definition) is 1. The zero-order chi connectivity index (χ0) is 24.9. The minimum Gasteiger partial charge on any atom is -0.493 e. The smallest absolute Gasteiger partial charge is 0.253 e. The van der Waals surface area contributed by atoms with Gasteiger partial charge in [0.25, 0.3) is 5.91 Å². The number of benzene rings is 3. The molecule has 0 unspecified atom stereocenters. The van der Waals surface area contributed by atoms with Gasteiger partial charge in [0, 0.05) is 41.7 Å². The predicted molar refractivity (Wildman–Crippen MR) is 131 cm³/mol. The van der Waals surface area contributed by atoms with E-state index in [0.29, 0.717) is 28.6 Å². The lowest BCUT2D eigenvalue weighted by Crippen LogP contribution is -2.35. The van der Waals surface area contributed by atoms with Crippen LogP contribution in [0.1, 0.15) is 27.4 Å². The first-order valence-electron chi connectivity index (χ1n) is 11.2. The second-order valence-electron chi connectivity index (χ2n) is 8.36. The van der Waals surface area contributed by atoms with Crippen molar-refractivity contribution in [1.29, 1.82) is 0 Å². The first-order chi connectivity index (χ1) is 16.9. The minimum atomic E-state index is -0.528. The van der Waals surface area contributed by atoms with Gasteiger partial charge < -0.3 is 19.7 Å². The van der Waals surface area contributed by atoms with E-state index in [1.165, 1.54) is 12.1 Å². The third-order valence-electron chi connectivity index (χ3n) is 6.23. The number of carbonyl (C=O) groups excluding carboxylic acids is 2. The molecule has 35 heavy (non-hydrogen) atoms. The van der Waals surface area contributed by atoms with Crippen molar-refractivity contribution in [3.8, 4) is 11.5 Å². The molecule has 6 nitrogen and oxygen atoms in total. The summed E-state index contributed by atoms with van der Waals surface area (Å²) >= 11 is 6.09. The van der Waals surface area contributed by atoms with Crippen molar-refractivity contribution in [3.05, 3.63) is 94.3 Å². The number of ether oxygens (including phenoxy) is 2. The molecule has 1 fully saturated rings. The summed E-state index contributed by atoms with van der Waals surface area (Å²) in [6.45, 7) is 0.801. The molecule has 2 atom stereocenters. The highest BCUT2D eigenvalue weighted by molar-refractivity contribution is 6.30. The molecule has 1 N–H and O–H groups in total. The number of hydrogen-bond acceptors (Lipinski definition) is 4. The highest BCUT2D eigenvalue weighted by atomic mass is 35.5. The third-order valence-corrected chi connectivity index (χ3v) is 6.46. The van der Waals surface area contributed by atoms with E-state index in [1.807, 2.05) is 12.1 Å². The Morgan fingerprint density at radius 3 is 2.46 bits per heavy atom. The molecule has 1 aliphatic heterocycles. The maximum atomic E-state index is 13.4. The number of likely N-dealkylation sites (tertiary alicyclic amines) is 1. The number of amides is 2. The fourth-order valence-corrected chi connectivity index (χ4v) is 4.67. The van der Waals surface area contributed by atoms with Crippen LogP contribution in [0.15, 0.2) is 66.7 Å². The topological polar surface area (TPSA) is 67.9 Å². The van der Waals surface area contributed by atoms with Gasteiger partial charge >= 0.3 is 0 Å². The van der Waals surface area contributed by atoms with E-state index in [2.05, 4.69) is 5.32 Å². The summed E-state index contributed by atoms with van der Waals surface area (Å²) in [5, 5.41) is 3.41. The van der Waals surface area contributed by atoms with E-state index in [1.54, 1.807) is 61.6 Å². The fraction of sp³-hybridized carbons (Fsp3) is 0.259. The molecule has 4 rings (SSSR count). The average Bonchev–Trinajstić information content (AvgIpc) is 3.32. The summed E-state index contributed by atoms with van der Waals surface area (Å²) in [6.07, 6.45) is 0. The Kier molecular flexibility index (Phi) is 7.56. The van der Waals surface area contributed by atoms with Crippen LogP contribution in [-0.2, 0) is 11.3 Å². The zero-order valence-corrected chi connectivity index (χ0v) is 20.2. The number of halogens is 2. The standard InChI is InChI=1S/C27H26ClFN2O4/c1-34-24-8-4-7-21(25(24)35-2)22-15-31(27(33)18-5-3-6-19(28)13-18)16-23(22)26(32)30-14-17-9-11-20(29)12-10-17/h3-13,22-23H,14-16H2,1-2H3,(H,30,32)/t22-,23-/m1/s1. The maximum Gasteiger partial charge on any atom is 0.253 e. The predicted octanol–water partition coefficient (Wildman–Crippen LogP) is 4.67. The normalized spacial score (nSPS) is 17.2. The summed E-state index contributed by atoms with van der Waals surface area (Å²) in [6, 6.07) is 18.2. The van der Waals surface area contributed by atoms with Crippen molar-refractivity contribution in [2.75, 3.05) is 27.3 Å². The molecule has 8 heteroatoms.